The number of carbonyl (C=O) groups is 2. The number of carboxylic acids is 1. The number of hydrogen-bond donors (Lipinski definition) is 2. The van der Waals surface area contributed by atoms with Crippen molar-refractivity contribution >= 4 is 50.3 Å². The number of carboxylic acid groups (broad SMARTS) is 1. The molecular formula is C29H25BrClFN2O3. The molecule has 5 nitrogen and oxygen atoms in total. The molecule has 4 rings (SSSR count). The third-order valence-electron chi connectivity index (χ3n) is 6.45. The van der Waals surface area contributed by atoms with Crippen molar-refractivity contribution in [2.45, 2.75) is 38.6 Å². The summed E-state index contributed by atoms with van der Waals surface area (Å²) in [4.78, 5) is 30.0. The van der Waals surface area contributed by atoms with Gasteiger partial charge in [-0.05, 0) is 67.8 Å². The Kier molecular flexibility index (Phi) is 8.25. The SMILES string of the molecule is Cc1c(-c2ccccc2)nc2ccc(Br)cc2c1C(=O)NC(C)C(CCC(=O)O)c1cc(F)ccc1Cl. The Hall–Kier alpha value is -3.29. The van der Waals surface area contributed by atoms with Gasteiger partial charge in [-0.25, -0.2) is 9.37 Å². The van der Waals surface area contributed by atoms with Crippen LogP contribution < -0.4 is 5.32 Å². The highest BCUT2D eigenvalue weighted by Gasteiger charge is 2.27. The summed E-state index contributed by atoms with van der Waals surface area (Å²) in [6.45, 7) is 3.64. The van der Waals surface area contributed by atoms with E-state index >= 15 is 0 Å². The molecule has 3 aromatic carbocycles. The van der Waals surface area contributed by atoms with Crippen LogP contribution in [0.4, 0.5) is 4.39 Å². The molecule has 37 heavy (non-hydrogen) atoms. The molecule has 190 valence electrons. The lowest BCUT2D eigenvalue weighted by molar-refractivity contribution is -0.137. The summed E-state index contributed by atoms with van der Waals surface area (Å²) in [5.74, 6) is -2.31. The van der Waals surface area contributed by atoms with E-state index in [1.165, 1.54) is 18.2 Å². The number of hydrogen-bond acceptors (Lipinski definition) is 3. The summed E-state index contributed by atoms with van der Waals surface area (Å²) in [5, 5.41) is 13.3. The zero-order chi connectivity index (χ0) is 26.7. The minimum absolute atomic E-state index is 0.153. The largest absolute Gasteiger partial charge is 0.481 e. The first-order chi connectivity index (χ1) is 17.7. The second kappa shape index (κ2) is 11.4. The van der Waals surface area contributed by atoms with Gasteiger partial charge in [0.05, 0.1) is 16.8 Å². The molecule has 0 saturated carbocycles. The van der Waals surface area contributed by atoms with Gasteiger partial charge in [0.1, 0.15) is 5.82 Å². The minimum Gasteiger partial charge on any atom is -0.481 e. The maximum Gasteiger partial charge on any atom is 0.303 e. The summed E-state index contributed by atoms with van der Waals surface area (Å²) in [5.41, 5.74) is 3.90. The van der Waals surface area contributed by atoms with E-state index < -0.39 is 23.7 Å². The van der Waals surface area contributed by atoms with Crippen LogP contribution in [0.2, 0.25) is 5.02 Å². The van der Waals surface area contributed by atoms with Crippen LogP contribution >= 0.6 is 27.5 Å². The van der Waals surface area contributed by atoms with E-state index in [0.717, 1.165) is 10.0 Å². The van der Waals surface area contributed by atoms with Gasteiger partial charge in [-0.15, -0.1) is 0 Å². The van der Waals surface area contributed by atoms with E-state index in [4.69, 9.17) is 16.6 Å². The fraction of sp³-hybridized carbons (Fsp3) is 0.207. The van der Waals surface area contributed by atoms with Gasteiger partial charge < -0.3 is 10.4 Å². The first-order valence-electron chi connectivity index (χ1n) is 11.8. The highest BCUT2D eigenvalue weighted by atomic mass is 79.9. The van der Waals surface area contributed by atoms with Crippen LogP contribution in [-0.4, -0.2) is 28.0 Å². The fourth-order valence-corrected chi connectivity index (χ4v) is 5.25. The number of fused-ring (bicyclic) bond motifs is 1. The quantitative estimate of drug-likeness (QED) is 0.225. The summed E-state index contributed by atoms with van der Waals surface area (Å²) in [6.07, 6.45) is 0.0247. The van der Waals surface area contributed by atoms with Crippen molar-refractivity contribution in [1.29, 1.82) is 0 Å². The molecule has 8 heteroatoms. The van der Waals surface area contributed by atoms with Crippen LogP contribution in [0.15, 0.2) is 71.2 Å². The Balaban J connectivity index is 1.77. The average molecular weight is 584 g/mol. The number of nitrogens with zero attached hydrogens (tertiary/aromatic N) is 1. The molecule has 0 spiro atoms. The van der Waals surface area contributed by atoms with Crippen LogP contribution in [0.1, 0.15) is 47.2 Å². The van der Waals surface area contributed by atoms with E-state index in [9.17, 15) is 19.1 Å². The van der Waals surface area contributed by atoms with E-state index in [1.54, 1.807) is 6.92 Å². The number of nitrogens with one attached hydrogen (secondary N) is 1. The van der Waals surface area contributed by atoms with Gasteiger partial charge in [0, 0.05) is 38.8 Å². The smallest absolute Gasteiger partial charge is 0.303 e. The van der Waals surface area contributed by atoms with Gasteiger partial charge in [0.2, 0.25) is 0 Å². The molecule has 0 aliphatic heterocycles. The van der Waals surface area contributed by atoms with Gasteiger partial charge in [0.15, 0.2) is 0 Å². The van der Waals surface area contributed by atoms with Crippen molar-refractivity contribution in [3.8, 4) is 11.3 Å². The van der Waals surface area contributed by atoms with Crippen molar-refractivity contribution in [2.24, 2.45) is 0 Å². The molecule has 1 amide bonds. The summed E-state index contributed by atoms with van der Waals surface area (Å²) < 4.78 is 14.9. The lowest BCUT2D eigenvalue weighted by Crippen LogP contribution is -2.38. The average Bonchev–Trinajstić information content (AvgIpc) is 2.86. The topological polar surface area (TPSA) is 79.3 Å². The fourth-order valence-electron chi connectivity index (χ4n) is 4.63. The third-order valence-corrected chi connectivity index (χ3v) is 7.29. The predicted octanol–water partition coefficient (Wildman–Crippen LogP) is 7.53. The molecule has 0 fully saturated rings. The van der Waals surface area contributed by atoms with Crippen molar-refractivity contribution in [2.75, 3.05) is 0 Å². The van der Waals surface area contributed by atoms with E-state index in [-0.39, 0.29) is 18.7 Å². The minimum atomic E-state index is -0.982. The van der Waals surface area contributed by atoms with Crippen molar-refractivity contribution in [1.82, 2.24) is 10.3 Å². The lowest BCUT2D eigenvalue weighted by Gasteiger charge is -2.27. The van der Waals surface area contributed by atoms with Gasteiger partial charge in [-0.3, -0.25) is 9.59 Å². The Morgan fingerprint density at radius 3 is 2.54 bits per heavy atom. The van der Waals surface area contributed by atoms with Crippen LogP contribution in [0.25, 0.3) is 22.2 Å². The standard InChI is InChI=1S/C29H25BrClFN2O3/c1-16-27(23-14-19(30)8-12-25(23)34-28(16)18-6-4-3-5-7-18)29(37)33-17(2)21(10-13-26(35)36)22-15-20(32)9-11-24(22)31/h3-9,11-12,14-15,17,21H,10,13H2,1-2H3,(H,33,37)(H,35,36). The molecule has 2 N–H and O–H groups in total. The number of amides is 1. The number of halogens is 3. The van der Waals surface area contributed by atoms with Gasteiger partial charge >= 0.3 is 5.97 Å². The van der Waals surface area contributed by atoms with E-state index in [2.05, 4.69) is 21.2 Å². The molecule has 2 atom stereocenters. The number of aliphatic carboxylic acids is 1. The molecule has 4 aromatic rings. The first-order valence-corrected chi connectivity index (χ1v) is 13.0. The Bertz CT molecular complexity index is 1480. The maximum absolute atomic E-state index is 14.1. The molecule has 0 aliphatic rings. The number of benzene rings is 3. The maximum atomic E-state index is 14.1. The Labute approximate surface area is 227 Å². The normalized spacial score (nSPS) is 12.8. The first kappa shape index (κ1) is 26.8. The van der Waals surface area contributed by atoms with Gasteiger partial charge in [-0.2, -0.15) is 0 Å². The van der Waals surface area contributed by atoms with Crippen molar-refractivity contribution < 1.29 is 19.1 Å². The number of carbonyl (C=O) groups excluding carboxylic acids is 1. The summed E-state index contributed by atoms with van der Waals surface area (Å²) in [6, 6.07) is 18.7. The lowest BCUT2D eigenvalue weighted by atomic mass is 9.87. The highest BCUT2D eigenvalue weighted by molar-refractivity contribution is 9.10. The highest BCUT2D eigenvalue weighted by Crippen LogP contribution is 2.34. The molecule has 0 saturated heterocycles. The van der Waals surface area contributed by atoms with E-state index in [1.807, 2.05) is 55.5 Å². The number of aromatic nitrogens is 1. The number of pyridine rings is 1. The zero-order valence-corrected chi connectivity index (χ0v) is 22.6. The van der Waals surface area contributed by atoms with Crippen LogP contribution in [0, 0.1) is 12.7 Å². The zero-order valence-electron chi connectivity index (χ0n) is 20.3. The Morgan fingerprint density at radius 2 is 1.84 bits per heavy atom. The third kappa shape index (κ3) is 6.00. The molecular weight excluding hydrogens is 559 g/mol. The second-order valence-electron chi connectivity index (χ2n) is 8.95. The van der Waals surface area contributed by atoms with Gasteiger partial charge in [-0.1, -0.05) is 57.9 Å². The predicted molar refractivity (Wildman–Crippen MR) is 148 cm³/mol. The van der Waals surface area contributed by atoms with Gasteiger partial charge in [0.25, 0.3) is 5.91 Å². The monoisotopic (exact) mass is 582 g/mol. The van der Waals surface area contributed by atoms with E-state index in [0.29, 0.717) is 38.3 Å². The van der Waals surface area contributed by atoms with Crippen LogP contribution in [-0.2, 0) is 4.79 Å². The Morgan fingerprint density at radius 1 is 1.11 bits per heavy atom. The molecule has 0 radical (unpaired) electrons. The summed E-state index contributed by atoms with van der Waals surface area (Å²) in [7, 11) is 0. The molecule has 2 unspecified atom stereocenters. The summed E-state index contributed by atoms with van der Waals surface area (Å²) >= 11 is 9.86. The van der Waals surface area contributed by atoms with Crippen LogP contribution in [0.5, 0.6) is 0 Å². The molecule has 0 bridgehead atoms. The van der Waals surface area contributed by atoms with Crippen molar-refractivity contribution in [3.63, 3.8) is 0 Å². The van der Waals surface area contributed by atoms with Crippen LogP contribution in [0.3, 0.4) is 0 Å². The molecule has 0 aliphatic carbocycles. The molecule has 1 heterocycles. The second-order valence-corrected chi connectivity index (χ2v) is 10.3. The van der Waals surface area contributed by atoms with Crippen molar-refractivity contribution in [3.05, 3.63) is 98.7 Å². The number of rotatable bonds is 8. The molecule has 1 aromatic heterocycles.